The van der Waals surface area contributed by atoms with E-state index in [9.17, 15) is 31.1 Å². The van der Waals surface area contributed by atoms with E-state index in [-0.39, 0.29) is 11.8 Å². The number of H-pyrrole nitrogens is 1. The zero-order chi connectivity index (χ0) is 30.7. The number of nitrogens with two attached hydrogens (primary N) is 1. The number of nitrogens with one attached hydrogen (secondary N) is 1. The summed E-state index contributed by atoms with van der Waals surface area (Å²) >= 11 is 0. The summed E-state index contributed by atoms with van der Waals surface area (Å²) in [5.41, 5.74) is 9.69. The molecule has 7 nitrogen and oxygen atoms in total. The minimum Gasteiger partial charge on any atom is -0.475 e. The summed E-state index contributed by atoms with van der Waals surface area (Å²) in [6.07, 6.45) is -7.85. The smallest absolute Gasteiger partial charge is 0.475 e. The van der Waals surface area contributed by atoms with Gasteiger partial charge in [0.2, 0.25) is 5.91 Å². The van der Waals surface area contributed by atoms with Gasteiger partial charge in [0, 0.05) is 18.0 Å². The van der Waals surface area contributed by atoms with Gasteiger partial charge in [-0.25, -0.2) is 9.78 Å². The van der Waals surface area contributed by atoms with E-state index >= 15 is 0 Å². The average molecular weight is 593 g/mol. The van der Waals surface area contributed by atoms with Crippen LogP contribution in [0.4, 0.5) is 26.3 Å². The van der Waals surface area contributed by atoms with Gasteiger partial charge in [0.15, 0.2) is 0 Å². The first kappa shape index (κ1) is 30.6. The first-order valence-electron chi connectivity index (χ1n) is 12.8. The zero-order valence-corrected chi connectivity index (χ0v) is 22.0. The Kier molecular flexibility index (Phi) is 8.90. The van der Waals surface area contributed by atoms with E-state index in [2.05, 4.69) is 39.1 Å². The Balaban J connectivity index is 0.000000517. The predicted molar refractivity (Wildman–Crippen MR) is 143 cm³/mol. The van der Waals surface area contributed by atoms with Crippen LogP contribution in [0, 0.1) is 5.92 Å². The number of amides is 1. The molecule has 1 amide bonds. The average Bonchev–Trinajstić information content (AvgIpc) is 3.37. The number of imidazole rings is 1. The van der Waals surface area contributed by atoms with Crippen LogP contribution in [-0.4, -0.2) is 51.1 Å². The van der Waals surface area contributed by atoms with Gasteiger partial charge in [0.05, 0.1) is 16.6 Å². The van der Waals surface area contributed by atoms with E-state index in [1.54, 1.807) is 0 Å². The lowest BCUT2D eigenvalue weighted by molar-refractivity contribution is -0.192. The van der Waals surface area contributed by atoms with Crippen LogP contribution in [0.3, 0.4) is 0 Å². The third-order valence-corrected chi connectivity index (χ3v) is 6.89. The summed E-state index contributed by atoms with van der Waals surface area (Å²) in [7, 11) is 0. The number of halogens is 6. The molecule has 0 spiro atoms. The van der Waals surface area contributed by atoms with E-state index in [0.717, 1.165) is 61.3 Å². The third-order valence-electron chi connectivity index (χ3n) is 6.89. The number of nitrogens with zero attached hydrogens (tertiary/aromatic N) is 2. The molecular weight excluding hydrogens is 566 g/mol. The lowest BCUT2D eigenvalue weighted by atomic mass is 9.96. The number of likely N-dealkylation sites (tertiary alicyclic amines) is 1. The van der Waals surface area contributed by atoms with Gasteiger partial charge in [-0.15, -0.1) is 0 Å². The van der Waals surface area contributed by atoms with E-state index < -0.39 is 23.9 Å². The van der Waals surface area contributed by atoms with Crippen molar-refractivity contribution in [1.82, 2.24) is 14.9 Å². The van der Waals surface area contributed by atoms with Crippen LogP contribution in [0.5, 0.6) is 0 Å². The van der Waals surface area contributed by atoms with Crippen molar-refractivity contribution in [3.63, 3.8) is 0 Å². The molecule has 0 unspecified atom stereocenters. The number of aromatic nitrogens is 2. The molecule has 1 aromatic heterocycles. The van der Waals surface area contributed by atoms with Crippen LogP contribution in [0.15, 0.2) is 66.7 Å². The van der Waals surface area contributed by atoms with Gasteiger partial charge in [-0.05, 0) is 60.8 Å². The normalized spacial score (nSPS) is 14.8. The monoisotopic (exact) mass is 592 g/mol. The van der Waals surface area contributed by atoms with E-state index in [1.165, 1.54) is 11.6 Å². The second-order valence-corrected chi connectivity index (χ2v) is 9.85. The topological polar surface area (TPSA) is 112 Å². The predicted octanol–water partition coefficient (Wildman–Crippen LogP) is 6.25. The number of carbonyl (C=O) groups is 2. The molecule has 0 atom stereocenters. The van der Waals surface area contributed by atoms with Gasteiger partial charge in [0.25, 0.3) is 0 Å². The second kappa shape index (κ2) is 12.2. The Morgan fingerprint density at radius 1 is 0.881 bits per heavy atom. The molecule has 13 heteroatoms. The fraction of sp³-hybridized carbons (Fsp3) is 0.276. The lowest BCUT2D eigenvalue weighted by Gasteiger charge is -2.30. The molecule has 0 aliphatic carbocycles. The maximum Gasteiger partial charge on any atom is 0.490 e. The van der Waals surface area contributed by atoms with Gasteiger partial charge >= 0.3 is 18.3 Å². The number of carboxylic acids is 1. The maximum absolute atomic E-state index is 13.0. The molecule has 1 aliphatic rings. The number of fused-ring (bicyclic) bond motifs is 1. The van der Waals surface area contributed by atoms with Crippen LogP contribution in [0.25, 0.3) is 33.5 Å². The van der Waals surface area contributed by atoms with Crippen LogP contribution in [-0.2, 0) is 22.3 Å². The molecule has 5 rings (SSSR count). The Bertz CT molecular complexity index is 1540. The molecule has 2 heterocycles. The summed E-state index contributed by atoms with van der Waals surface area (Å²) in [4.78, 5) is 30.0. The SMILES string of the molecule is NC(=O)C1CCN(Cc2ccc(-c3ccc(-c4nc5ccc(C(F)(F)F)cc5[nH]4)cc3)cc2)CC1.O=C(O)C(F)(F)F. The van der Waals surface area contributed by atoms with Crippen molar-refractivity contribution in [2.75, 3.05) is 13.1 Å². The number of hydrogen-bond acceptors (Lipinski definition) is 4. The number of carboxylic acid groups (broad SMARTS) is 1. The molecule has 4 aromatic rings. The zero-order valence-electron chi connectivity index (χ0n) is 22.0. The standard InChI is InChI=1S/C27H25F3N4O.C2HF3O2/c28-27(29,30)22-9-10-23-24(15-22)33-26(32-23)21-7-5-19(6-8-21)18-3-1-17(2-4-18)16-34-13-11-20(12-14-34)25(31)35;3-2(4,5)1(6)7/h1-10,15,20H,11-14,16H2,(H2,31,35)(H,32,33);(H,6,7). The number of primary amides is 1. The molecule has 42 heavy (non-hydrogen) atoms. The minimum atomic E-state index is -5.08. The highest BCUT2D eigenvalue weighted by atomic mass is 19.4. The first-order valence-corrected chi connectivity index (χ1v) is 12.8. The van der Waals surface area contributed by atoms with Crippen molar-refractivity contribution < 1.29 is 41.0 Å². The Hall–Kier alpha value is -4.39. The molecule has 1 saturated heterocycles. The molecule has 0 saturated carbocycles. The van der Waals surface area contributed by atoms with Crippen molar-refractivity contribution >= 4 is 22.9 Å². The molecule has 222 valence electrons. The van der Waals surface area contributed by atoms with Crippen molar-refractivity contribution in [3.05, 3.63) is 77.9 Å². The summed E-state index contributed by atoms with van der Waals surface area (Å²) in [6, 6.07) is 19.7. The number of piperidine rings is 1. The molecule has 3 aromatic carbocycles. The van der Waals surface area contributed by atoms with Crippen LogP contribution in [0.2, 0.25) is 0 Å². The number of rotatable bonds is 5. The number of aliphatic carboxylic acids is 1. The molecular formula is C29H26F6N4O3. The summed E-state index contributed by atoms with van der Waals surface area (Å²) in [5, 5.41) is 7.12. The van der Waals surface area contributed by atoms with Crippen molar-refractivity contribution in [2.45, 2.75) is 31.7 Å². The maximum atomic E-state index is 13.0. The molecule has 1 aliphatic heterocycles. The third kappa shape index (κ3) is 7.66. The highest BCUT2D eigenvalue weighted by Crippen LogP contribution is 2.32. The van der Waals surface area contributed by atoms with Gasteiger partial charge in [0.1, 0.15) is 5.82 Å². The fourth-order valence-electron chi connectivity index (χ4n) is 4.58. The Labute approximate surface area is 236 Å². The largest absolute Gasteiger partial charge is 0.490 e. The van der Waals surface area contributed by atoms with Crippen molar-refractivity contribution in [3.8, 4) is 22.5 Å². The molecule has 0 radical (unpaired) electrons. The lowest BCUT2D eigenvalue weighted by Crippen LogP contribution is -2.38. The van der Waals surface area contributed by atoms with E-state index in [4.69, 9.17) is 15.6 Å². The Morgan fingerprint density at radius 2 is 1.40 bits per heavy atom. The van der Waals surface area contributed by atoms with Gasteiger partial charge in [-0.1, -0.05) is 48.5 Å². The summed E-state index contributed by atoms with van der Waals surface area (Å²) in [5.74, 6) is -2.43. The fourth-order valence-corrected chi connectivity index (χ4v) is 4.58. The number of carbonyl (C=O) groups excluding carboxylic acids is 1. The first-order chi connectivity index (χ1) is 19.7. The molecule has 0 bridgehead atoms. The van der Waals surface area contributed by atoms with Crippen LogP contribution < -0.4 is 5.73 Å². The van der Waals surface area contributed by atoms with Crippen LogP contribution in [0.1, 0.15) is 24.0 Å². The highest BCUT2D eigenvalue weighted by molar-refractivity contribution is 5.81. The van der Waals surface area contributed by atoms with Gasteiger partial charge in [-0.3, -0.25) is 9.69 Å². The number of alkyl halides is 6. The quantitative estimate of drug-likeness (QED) is 0.237. The van der Waals surface area contributed by atoms with E-state index in [0.29, 0.717) is 16.9 Å². The summed E-state index contributed by atoms with van der Waals surface area (Å²) in [6.45, 7) is 2.58. The van der Waals surface area contributed by atoms with Gasteiger partial charge < -0.3 is 15.8 Å². The number of benzene rings is 3. The second-order valence-electron chi connectivity index (χ2n) is 9.85. The van der Waals surface area contributed by atoms with E-state index in [1.807, 2.05) is 24.3 Å². The number of aromatic amines is 1. The number of hydrogen-bond donors (Lipinski definition) is 3. The van der Waals surface area contributed by atoms with Crippen molar-refractivity contribution in [2.24, 2.45) is 11.7 Å². The minimum absolute atomic E-state index is 0.00600. The highest BCUT2D eigenvalue weighted by Gasteiger charge is 2.38. The molecule has 1 fully saturated rings. The summed E-state index contributed by atoms with van der Waals surface area (Å²) < 4.78 is 70.7. The van der Waals surface area contributed by atoms with Crippen molar-refractivity contribution in [1.29, 1.82) is 0 Å². The molecule has 4 N–H and O–H groups in total. The Morgan fingerprint density at radius 3 is 1.90 bits per heavy atom. The van der Waals surface area contributed by atoms with Gasteiger partial charge in [-0.2, -0.15) is 26.3 Å². The van der Waals surface area contributed by atoms with Crippen LogP contribution >= 0.6 is 0 Å².